The van der Waals surface area contributed by atoms with Gasteiger partial charge in [0.1, 0.15) is 31.0 Å². The maximum absolute atomic E-state index is 13.1. The Kier molecular flexibility index (Phi) is 15.5. The second kappa shape index (κ2) is 20.0. The number of unbranched alkanes of at least 4 members (excludes halogenated alkanes) is 1. The molecule has 0 radical (unpaired) electrons. The van der Waals surface area contributed by atoms with E-state index in [4.69, 9.17) is 9.47 Å². The molecule has 1 aromatic rings. The van der Waals surface area contributed by atoms with Crippen LogP contribution in [0, 0.1) is 46.3 Å². The number of aliphatic hydroxyl groups excluding tert-OH is 1. The minimum Gasteiger partial charge on any atom is -0.461 e. The van der Waals surface area contributed by atoms with Crippen molar-refractivity contribution in [3.05, 3.63) is 41.8 Å². The van der Waals surface area contributed by atoms with Crippen LogP contribution in [0.4, 0.5) is 0 Å². The maximum Gasteiger partial charge on any atom is 0.308 e. The van der Waals surface area contributed by atoms with Gasteiger partial charge < -0.3 is 35.8 Å². The second-order valence-corrected chi connectivity index (χ2v) is 19.6. The van der Waals surface area contributed by atoms with Crippen molar-refractivity contribution < 1.29 is 51.8 Å². The number of aromatic nitrogens is 2. The van der Waals surface area contributed by atoms with E-state index in [1.807, 2.05) is 6.08 Å². The van der Waals surface area contributed by atoms with Crippen LogP contribution in [0.15, 0.2) is 41.4 Å². The summed E-state index contributed by atoms with van der Waals surface area (Å²) >= 11 is 0. The molecule has 3 saturated carbocycles. The van der Waals surface area contributed by atoms with Gasteiger partial charge in [0.15, 0.2) is 5.78 Å². The third-order valence-electron chi connectivity index (χ3n) is 13.0. The summed E-state index contributed by atoms with van der Waals surface area (Å²) < 4.78 is 34.5. The predicted molar refractivity (Wildman–Crippen MR) is 225 cm³/mol. The number of nitrogens with zero attached hydrogens (tertiary/aromatic N) is 2. The van der Waals surface area contributed by atoms with Gasteiger partial charge in [0.2, 0.25) is 38.6 Å². The molecule has 4 amide bonds. The quantitative estimate of drug-likeness (QED) is 0.0524. The number of carbonyl (C=O) groups is 6. The summed E-state index contributed by atoms with van der Waals surface area (Å²) in [4.78, 5) is 83.2. The highest BCUT2D eigenvalue weighted by Crippen LogP contribution is 2.65. The van der Waals surface area contributed by atoms with Gasteiger partial charge in [-0.3, -0.25) is 28.8 Å². The van der Waals surface area contributed by atoms with Crippen molar-refractivity contribution in [3.63, 3.8) is 0 Å². The lowest BCUT2D eigenvalue weighted by Gasteiger charge is -2.58. The molecular weight excluding hydrogens is 821 g/mol. The van der Waals surface area contributed by atoms with Crippen LogP contribution in [0.25, 0.3) is 0 Å². The molecule has 0 spiro atoms. The summed E-state index contributed by atoms with van der Waals surface area (Å²) in [6.07, 6.45) is 11.8. The number of esters is 1. The van der Waals surface area contributed by atoms with E-state index in [1.165, 1.54) is 33.2 Å². The zero-order valence-corrected chi connectivity index (χ0v) is 37.3. The molecular formula is C44H60N6O11S. The maximum atomic E-state index is 13.1. The lowest BCUT2D eigenvalue weighted by atomic mass is 9.47. The molecule has 1 aromatic heterocycles. The molecule has 5 rings (SSSR count). The molecule has 17 nitrogen and oxygen atoms in total. The number of ketones is 1. The monoisotopic (exact) mass is 880 g/mol. The number of fused-ring (bicyclic) bond motifs is 5. The minimum atomic E-state index is -3.51. The molecule has 0 bridgehead atoms. The van der Waals surface area contributed by atoms with Gasteiger partial charge in [0.25, 0.3) is 0 Å². The second-order valence-electron chi connectivity index (χ2n) is 17.7. The molecule has 4 aliphatic carbocycles. The highest BCUT2D eigenvalue weighted by Gasteiger charge is 2.64. The molecule has 3 fully saturated rings. The van der Waals surface area contributed by atoms with Gasteiger partial charge in [-0.25, -0.2) is 18.4 Å². The van der Waals surface area contributed by atoms with Crippen molar-refractivity contribution in [2.45, 2.75) is 128 Å². The number of carbonyl (C=O) groups excluding carboxylic acids is 6. The number of ether oxygens (including phenoxy) is 2. The first-order valence-corrected chi connectivity index (χ1v) is 23.1. The summed E-state index contributed by atoms with van der Waals surface area (Å²) in [5, 5.41) is 21.5. The average Bonchev–Trinajstić information content (AvgIpc) is 3.45. The lowest BCUT2D eigenvalue weighted by molar-refractivity contribution is -0.171. The SMILES string of the molecule is CC1CC2C3CCC4=CC(=O)C=CC4(C)C3C(O)CC2(C)C1OC(=O)CCOCNC(=O)[C@H](C)NC(=O)[C@H](C)NC(=O)[C@H](C)NC(=O)CCCC#Cc1cnc(S(C)(=O)=O)nc1. The first-order chi connectivity index (χ1) is 29.1. The van der Waals surface area contributed by atoms with Crippen molar-refractivity contribution in [2.24, 2.45) is 34.5 Å². The Labute approximate surface area is 363 Å². The van der Waals surface area contributed by atoms with Gasteiger partial charge in [-0.15, -0.1) is 0 Å². The lowest BCUT2D eigenvalue weighted by Crippen LogP contribution is -2.57. The van der Waals surface area contributed by atoms with E-state index in [0.717, 1.165) is 31.1 Å². The predicted octanol–water partition coefficient (Wildman–Crippen LogP) is 1.83. The van der Waals surface area contributed by atoms with E-state index < -0.39 is 69.1 Å². The number of rotatable bonds is 16. The third kappa shape index (κ3) is 11.3. The van der Waals surface area contributed by atoms with E-state index >= 15 is 0 Å². The number of hydrogen-bond acceptors (Lipinski definition) is 13. The molecule has 8 unspecified atom stereocenters. The number of amides is 4. The number of sulfone groups is 1. The summed E-state index contributed by atoms with van der Waals surface area (Å²) in [5.74, 6) is 3.63. The van der Waals surface area contributed by atoms with Crippen molar-refractivity contribution in [1.29, 1.82) is 0 Å². The van der Waals surface area contributed by atoms with Crippen LogP contribution in [0.2, 0.25) is 0 Å². The summed E-state index contributed by atoms with van der Waals surface area (Å²) in [6.45, 7) is 10.5. The van der Waals surface area contributed by atoms with Crippen LogP contribution in [-0.4, -0.2) is 109 Å². The van der Waals surface area contributed by atoms with Gasteiger partial charge in [0.05, 0.1) is 24.7 Å². The molecule has 18 heteroatoms. The van der Waals surface area contributed by atoms with Gasteiger partial charge in [0, 0.05) is 48.2 Å². The van der Waals surface area contributed by atoms with Crippen LogP contribution in [0.1, 0.15) is 98.5 Å². The molecule has 5 N–H and O–H groups in total. The van der Waals surface area contributed by atoms with Gasteiger partial charge >= 0.3 is 5.97 Å². The van der Waals surface area contributed by atoms with E-state index in [-0.39, 0.29) is 72.3 Å². The first kappa shape index (κ1) is 48.0. The van der Waals surface area contributed by atoms with Crippen molar-refractivity contribution >= 4 is 45.2 Å². The van der Waals surface area contributed by atoms with Gasteiger partial charge in [-0.2, -0.15) is 0 Å². The zero-order valence-electron chi connectivity index (χ0n) is 36.5. The van der Waals surface area contributed by atoms with E-state index in [2.05, 4.69) is 63.8 Å². The Morgan fingerprint density at radius 3 is 2.29 bits per heavy atom. The summed E-state index contributed by atoms with van der Waals surface area (Å²) in [6, 6.07) is -2.96. The van der Waals surface area contributed by atoms with Crippen molar-refractivity contribution in [3.8, 4) is 11.8 Å². The molecule has 62 heavy (non-hydrogen) atoms. The topological polar surface area (TPSA) is 249 Å². The van der Waals surface area contributed by atoms with Gasteiger partial charge in [-0.05, 0) is 82.8 Å². The smallest absolute Gasteiger partial charge is 0.308 e. The van der Waals surface area contributed by atoms with Crippen LogP contribution in [0.3, 0.4) is 0 Å². The Bertz CT molecular complexity index is 2130. The molecule has 4 aliphatic rings. The third-order valence-corrected chi connectivity index (χ3v) is 13.8. The number of hydrogen-bond donors (Lipinski definition) is 5. The zero-order chi connectivity index (χ0) is 45.6. The summed E-state index contributed by atoms with van der Waals surface area (Å²) in [7, 11) is -3.51. The molecule has 0 saturated heterocycles. The number of allylic oxidation sites excluding steroid dienone is 4. The fraction of sp³-hybridized carbons (Fsp3) is 0.636. The first-order valence-electron chi connectivity index (χ1n) is 21.2. The molecule has 11 atom stereocenters. The normalized spacial score (nSPS) is 28.8. The average molecular weight is 881 g/mol. The van der Waals surface area contributed by atoms with Crippen LogP contribution in [0.5, 0.6) is 0 Å². The molecule has 0 aromatic carbocycles. The van der Waals surface area contributed by atoms with Crippen molar-refractivity contribution in [2.75, 3.05) is 19.6 Å². The Balaban J connectivity index is 0.956. The Morgan fingerprint density at radius 1 is 0.984 bits per heavy atom. The molecule has 1 heterocycles. The van der Waals surface area contributed by atoms with Crippen LogP contribution < -0.4 is 21.3 Å². The Morgan fingerprint density at radius 2 is 1.63 bits per heavy atom. The molecule has 0 aliphatic heterocycles. The minimum absolute atomic E-state index is 0.00396. The van der Waals surface area contributed by atoms with E-state index in [0.29, 0.717) is 24.8 Å². The fourth-order valence-corrected chi connectivity index (χ4v) is 10.4. The highest BCUT2D eigenvalue weighted by atomic mass is 32.2. The Hall–Kier alpha value is -4.99. The van der Waals surface area contributed by atoms with E-state index in [9.17, 15) is 42.3 Å². The van der Waals surface area contributed by atoms with Gasteiger partial charge in [-0.1, -0.05) is 44.3 Å². The van der Waals surface area contributed by atoms with Crippen molar-refractivity contribution in [1.82, 2.24) is 31.2 Å². The largest absolute Gasteiger partial charge is 0.461 e. The van der Waals surface area contributed by atoms with Crippen LogP contribution in [-0.2, 0) is 48.1 Å². The molecule has 338 valence electrons. The van der Waals surface area contributed by atoms with Crippen LogP contribution >= 0.6 is 0 Å². The fourth-order valence-electron chi connectivity index (χ4n) is 9.87. The summed E-state index contributed by atoms with van der Waals surface area (Å²) in [5.41, 5.74) is 0.747. The highest BCUT2D eigenvalue weighted by molar-refractivity contribution is 7.90. The number of nitrogens with one attached hydrogen (secondary N) is 4. The standard InChI is InChI=1S/C44H60N6O11S/c1-25-19-33-32-14-13-30-20-31(51)15-17-43(30,5)37(32)34(52)21-44(33,6)38(25)61-36(54)16-18-60-24-47-39(55)26(2)49-41(57)28(4)50-40(56)27(3)48-35(53)12-10-8-9-11-29-22-45-42(46-23-29)62(7,58)59/h15,17,20,22-23,25-28,32-34,37-38,52H,8,10,12-14,16,18-19,21,24H2,1-7H3,(H,47,55)(H,48,53)(H,49,57)(H,50,56)/t25?,26-,27-,28-,32?,33?,34?,37?,38?,43?,44?/m0/s1. The van der Waals surface area contributed by atoms with E-state index in [1.54, 1.807) is 12.2 Å². The number of aliphatic hydroxyl groups is 1.